The minimum Gasteiger partial charge on any atom is -0.324 e. The Morgan fingerprint density at radius 3 is 2.40 bits per heavy atom. The molecule has 2 aromatic carbocycles. The van der Waals surface area contributed by atoms with Crippen LogP contribution in [0, 0.1) is 0 Å². The third-order valence-corrected chi connectivity index (χ3v) is 3.31. The van der Waals surface area contributed by atoms with Crippen molar-refractivity contribution in [2.75, 3.05) is 5.32 Å². The fraction of sp³-hybridized carbons (Fsp3) is 0.125. The first kappa shape index (κ1) is 14.3. The van der Waals surface area contributed by atoms with Crippen LogP contribution in [-0.2, 0) is 4.79 Å². The molecule has 4 heteroatoms. The maximum absolute atomic E-state index is 12.1. The molecule has 0 spiro atoms. The van der Waals surface area contributed by atoms with E-state index in [1.807, 2.05) is 18.2 Å². The SMILES string of the molecule is CC(=O)c1cccc(NC(=O)[C@H](Cl)c2ccccc2)c1. The highest BCUT2D eigenvalue weighted by Gasteiger charge is 2.17. The molecule has 0 fully saturated rings. The van der Waals surface area contributed by atoms with Crippen LogP contribution in [0.1, 0.15) is 28.2 Å². The molecule has 0 bridgehead atoms. The molecule has 0 aliphatic rings. The first-order valence-corrected chi connectivity index (χ1v) is 6.62. The van der Waals surface area contributed by atoms with E-state index in [2.05, 4.69) is 5.32 Å². The van der Waals surface area contributed by atoms with Crippen molar-refractivity contribution >= 4 is 29.0 Å². The van der Waals surface area contributed by atoms with Crippen LogP contribution in [0.15, 0.2) is 54.6 Å². The summed E-state index contributed by atoms with van der Waals surface area (Å²) in [6.45, 7) is 1.48. The summed E-state index contributed by atoms with van der Waals surface area (Å²) >= 11 is 6.13. The third-order valence-electron chi connectivity index (χ3n) is 2.86. The topological polar surface area (TPSA) is 46.2 Å². The predicted octanol–water partition coefficient (Wildman–Crippen LogP) is 3.81. The molecule has 0 aliphatic heterocycles. The van der Waals surface area contributed by atoms with Gasteiger partial charge in [0, 0.05) is 11.3 Å². The Labute approximate surface area is 122 Å². The Bertz CT molecular complexity index is 625. The van der Waals surface area contributed by atoms with Gasteiger partial charge in [-0.05, 0) is 24.6 Å². The molecule has 0 heterocycles. The molecule has 1 atom stereocenters. The average Bonchev–Trinajstić information content (AvgIpc) is 2.47. The number of nitrogens with one attached hydrogen (secondary N) is 1. The van der Waals surface area contributed by atoms with Gasteiger partial charge in [0.15, 0.2) is 5.78 Å². The molecule has 20 heavy (non-hydrogen) atoms. The van der Waals surface area contributed by atoms with E-state index in [4.69, 9.17) is 11.6 Å². The van der Waals surface area contributed by atoms with E-state index in [9.17, 15) is 9.59 Å². The monoisotopic (exact) mass is 287 g/mol. The van der Waals surface area contributed by atoms with Crippen LogP contribution in [0.5, 0.6) is 0 Å². The van der Waals surface area contributed by atoms with Crippen molar-refractivity contribution in [3.8, 4) is 0 Å². The Morgan fingerprint density at radius 1 is 1.05 bits per heavy atom. The van der Waals surface area contributed by atoms with Gasteiger partial charge in [-0.1, -0.05) is 42.5 Å². The zero-order valence-corrected chi connectivity index (χ0v) is 11.7. The lowest BCUT2D eigenvalue weighted by atomic mass is 10.1. The molecule has 102 valence electrons. The van der Waals surface area contributed by atoms with Crippen LogP contribution in [0.25, 0.3) is 0 Å². The molecule has 2 aromatic rings. The van der Waals surface area contributed by atoms with E-state index in [0.717, 1.165) is 5.56 Å². The lowest BCUT2D eigenvalue weighted by Gasteiger charge is -2.11. The number of Topliss-reactive ketones (excluding diaryl/α,β-unsaturated/α-hetero) is 1. The van der Waals surface area contributed by atoms with Gasteiger partial charge in [-0.2, -0.15) is 0 Å². The number of ketones is 1. The Hall–Kier alpha value is -2.13. The van der Waals surface area contributed by atoms with Crippen molar-refractivity contribution in [1.29, 1.82) is 0 Å². The number of halogens is 1. The summed E-state index contributed by atoms with van der Waals surface area (Å²) in [5.74, 6) is -0.370. The molecule has 0 aromatic heterocycles. The van der Waals surface area contributed by atoms with Crippen LogP contribution in [0.3, 0.4) is 0 Å². The second kappa shape index (κ2) is 6.35. The van der Waals surface area contributed by atoms with Crippen molar-refractivity contribution in [3.05, 3.63) is 65.7 Å². The number of anilines is 1. The zero-order valence-electron chi connectivity index (χ0n) is 11.0. The summed E-state index contributed by atoms with van der Waals surface area (Å²) in [5, 5.41) is 1.95. The van der Waals surface area contributed by atoms with Crippen molar-refractivity contribution in [3.63, 3.8) is 0 Å². The first-order valence-electron chi connectivity index (χ1n) is 6.19. The highest BCUT2D eigenvalue weighted by molar-refractivity contribution is 6.32. The van der Waals surface area contributed by atoms with Gasteiger partial charge in [0.05, 0.1) is 0 Å². The zero-order chi connectivity index (χ0) is 14.5. The lowest BCUT2D eigenvalue weighted by molar-refractivity contribution is -0.116. The second-order valence-electron chi connectivity index (χ2n) is 4.40. The molecule has 0 saturated heterocycles. The summed E-state index contributed by atoms with van der Waals surface area (Å²) in [6.07, 6.45) is 0. The highest BCUT2D eigenvalue weighted by atomic mass is 35.5. The van der Waals surface area contributed by atoms with Gasteiger partial charge >= 0.3 is 0 Å². The molecule has 0 aliphatic carbocycles. The van der Waals surface area contributed by atoms with Gasteiger partial charge in [-0.3, -0.25) is 9.59 Å². The van der Waals surface area contributed by atoms with Crippen molar-refractivity contribution in [1.82, 2.24) is 0 Å². The van der Waals surface area contributed by atoms with E-state index >= 15 is 0 Å². The summed E-state index contributed by atoms with van der Waals surface area (Å²) in [7, 11) is 0. The number of benzene rings is 2. The van der Waals surface area contributed by atoms with Crippen LogP contribution in [0.4, 0.5) is 5.69 Å². The summed E-state index contributed by atoms with van der Waals surface area (Å²) in [5.41, 5.74) is 1.84. The smallest absolute Gasteiger partial charge is 0.246 e. The molecule has 0 unspecified atom stereocenters. The Morgan fingerprint density at radius 2 is 1.75 bits per heavy atom. The molecule has 0 radical (unpaired) electrons. The van der Waals surface area contributed by atoms with E-state index in [-0.39, 0.29) is 11.7 Å². The standard InChI is InChI=1S/C16H14ClNO2/c1-11(19)13-8-5-9-14(10-13)18-16(20)15(17)12-6-3-2-4-7-12/h2-10,15H,1H3,(H,18,20)/t15-/m1/s1. The Balaban J connectivity index is 2.12. The number of hydrogen-bond donors (Lipinski definition) is 1. The van der Waals surface area contributed by atoms with Gasteiger partial charge in [0.25, 0.3) is 0 Å². The second-order valence-corrected chi connectivity index (χ2v) is 4.84. The van der Waals surface area contributed by atoms with E-state index < -0.39 is 5.38 Å². The van der Waals surface area contributed by atoms with Gasteiger partial charge < -0.3 is 5.32 Å². The molecule has 3 nitrogen and oxygen atoms in total. The van der Waals surface area contributed by atoms with Crippen molar-refractivity contribution in [2.45, 2.75) is 12.3 Å². The fourth-order valence-corrected chi connectivity index (χ4v) is 1.99. The Kier molecular flexibility index (Phi) is 4.53. The number of rotatable bonds is 4. The van der Waals surface area contributed by atoms with E-state index in [0.29, 0.717) is 11.3 Å². The molecule has 1 amide bonds. The van der Waals surface area contributed by atoms with Gasteiger partial charge in [0.1, 0.15) is 5.38 Å². The molecular weight excluding hydrogens is 274 g/mol. The first-order chi connectivity index (χ1) is 9.58. The van der Waals surface area contributed by atoms with Crippen LogP contribution in [0.2, 0.25) is 0 Å². The predicted molar refractivity (Wildman–Crippen MR) is 80.1 cm³/mol. The number of carbonyl (C=O) groups is 2. The van der Waals surface area contributed by atoms with Gasteiger partial charge in [0.2, 0.25) is 5.91 Å². The number of amides is 1. The van der Waals surface area contributed by atoms with Gasteiger partial charge in [-0.15, -0.1) is 11.6 Å². The molecule has 2 rings (SSSR count). The summed E-state index contributed by atoms with van der Waals surface area (Å²) in [6, 6.07) is 15.9. The lowest BCUT2D eigenvalue weighted by Crippen LogP contribution is -2.17. The maximum atomic E-state index is 12.1. The number of carbonyl (C=O) groups excluding carboxylic acids is 2. The summed E-state index contributed by atoms with van der Waals surface area (Å²) < 4.78 is 0. The minimum atomic E-state index is -0.766. The minimum absolute atomic E-state index is 0.0495. The highest BCUT2D eigenvalue weighted by Crippen LogP contribution is 2.22. The van der Waals surface area contributed by atoms with E-state index in [1.165, 1.54) is 6.92 Å². The molecule has 0 saturated carbocycles. The van der Waals surface area contributed by atoms with Gasteiger partial charge in [-0.25, -0.2) is 0 Å². The molecule has 1 N–H and O–H groups in total. The van der Waals surface area contributed by atoms with Crippen molar-refractivity contribution < 1.29 is 9.59 Å². The normalized spacial score (nSPS) is 11.7. The average molecular weight is 288 g/mol. The van der Waals surface area contributed by atoms with Crippen LogP contribution in [-0.4, -0.2) is 11.7 Å². The molecular formula is C16H14ClNO2. The van der Waals surface area contributed by atoms with Crippen molar-refractivity contribution in [2.24, 2.45) is 0 Å². The third kappa shape index (κ3) is 3.45. The number of alkyl halides is 1. The quantitative estimate of drug-likeness (QED) is 0.686. The van der Waals surface area contributed by atoms with Crippen LogP contribution < -0.4 is 5.32 Å². The summed E-state index contributed by atoms with van der Waals surface area (Å²) in [4.78, 5) is 23.4. The largest absolute Gasteiger partial charge is 0.324 e. The van der Waals surface area contributed by atoms with Crippen LogP contribution >= 0.6 is 11.6 Å². The fourth-order valence-electron chi connectivity index (χ4n) is 1.79. The van der Waals surface area contributed by atoms with E-state index in [1.54, 1.807) is 36.4 Å². The number of hydrogen-bond acceptors (Lipinski definition) is 2. The maximum Gasteiger partial charge on any atom is 0.246 e.